The van der Waals surface area contributed by atoms with E-state index in [0.717, 1.165) is 5.92 Å². The summed E-state index contributed by atoms with van der Waals surface area (Å²) in [6, 6.07) is 10.9. The first-order valence-corrected chi connectivity index (χ1v) is 5.53. The topological polar surface area (TPSA) is 12.0 Å². The molecular formula is C13H19N. The van der Waals surface area contributed by atoms with Gasteiger partial charge in [0.1, 0.15) is 0 Å². The highest BCUT2D eigenvalue weighted by Crippen LogP contribution is 2.36. The monoisotopic (exact) mass is 189 g/mol. The maximum Gasteiger partial charge on any atom is 0.0449 e. The molecule has 1 heterocycles. The van der Waals surface area contributed by atoms with Gasteiger partial charge < -0.3 is 5.32 Å². The summed E-state index contributed by atoms with van der Waals surface area (Å²) in [5.74, 6) is 0.753. The maximum absolute atomic E-state index is 3.61. The van der Waals surface area contributed by atoms with Crippen LogP contribution in [0, 0.1) is 5.92 Å². The Hall–Kier alpha value is -0.820. The molecule has 76 valence electrons. The lowest BCUT2D eigenvalue weighted by Gasteiger charge is -2.45. The molecule has 1 aromatic rings. The van der Waals surface area contributed by atoms with Gasteiger partial charge in [0, 0.05) is 5.54 Å². The molecule has 1 aliphatic heterocycles. The molecule has 2 rings (SSSR count). The summed E-state index contributed by atoms with van der Waals surface area (Å²) in [4.78, 5) is 0. The summed E-state index contributed by atoms with van der Waals surface area (Å²) in [5, 5.41) is 3.61. The van der Waals surface area contributed by atoms with Crippen LogP contribution in [-0.2, 0) is 5.54 Å². The maximum atomic E-state index is 3.61. The van der Waals surface area contributed by atoms with Crippen molar-refractivity contribution < 1.29 is 0 Å². The van der Waals surface area contributed by atoms with Crippen molar-refractivity contribution in [3.05, 3.63) is 35.9 Å². The summed E-state index contributed by atoms with van der Waals surface area (Å²) in [7, 11) is 0. The second-order valence-corrected chi connectivity index (χ2v) is 4.72. The van der Waals surface area contributed by atoms with Crippen molar-refractivity contribution in [2.24, 2.45) is 5.92 Å². The SMILES string of the molecule is CC(C)CC1(c2ccccc2)CCN1. The average Bonchev–Trinajstić information content (AvgIpc) is 2.12. The van der Waals surface area contributed by atoms with Crippen LogP contribution in [0.25, 0.3) is 0 Å². The molecule has 0 bridgehead atoms. The Morgan fingerprint density at radius 1 is 1.29 bits per heavy atom. The molecule has 0 amide bonds. The minimum absolute atomic E-state index is 0.287. The van der Waals surface area contributed by atoms with Crippen LogP contribution in [0.1, 0.15) is 32.3 Å². The molecule has 14 heavy (non-hydrogen) atoms. The molecule has 0 aromatic heterocycles. The number of hydrogen-bond donors (Lipinski definition) is 1. The van der Waals surface area contributed by atoms with Gasteiger partial charge in [-0.15, -0.1) is 0 Å². The smallest absolute Gasteiger partial charge is 0.0449 e. The highest BCUT2D eigenvalue weighted by molar-refractivity contribution is 5.27. The molecule has 0 spiro atoms. The largest absolute Gasteiger partial charge is 0.307 e. The first-order valence-electron chi connectivity index (χ1n) is 5.53. The normalized spacial score (nSPS) is 26.2. The highest BCUT2D eigenvalue weighted by Gasteiger charge is 2.38. The first kappa shape index (κ1) is 9.72. The van der Waals surface area contributed by atoms with Gasteiger partial charge in [-0.05, 0) is 30.9 Å². The Morgan fingerprint density at radius 3 is 2.36 bits per heavy atom. The minimum Gasteiger partial charge on any atom is -0.307 e. The third-order valence-electron chi connectivity index (χ3n) is 3.10. The fraction of sp³-hybridized carbons (Fsp3) is 0.538. The molecule has 1 aliphatic rings. The summed E-state index contributed by atoms with van der Waals surface area (Å²) >= 11 is 0. The number of hydrogen-bond acceptors (Lipinski definition) is 1. The second kappa shape index (κ2) is 3.74. The van der Waals surface area contributed by atoms with E-state index in [9.17, 15) is 0 Å². The Labute approximate surface area is 86.5 Å². The van der Waals surface area contributed by atoms with E-state index in [2.05, 4.69) is 49.5 Å². The highest BCUT2D eigenvalue weighted by atomic mass is 15.0. The lowest BCUT2D eigenvalue weighted by atomic mass is 9.75. The molecule has 0 aliphatic carbocycles. The van der Waals surface area contributed by atoms with Crippen LogP contribution in [0.2, 0.25) is 0 Å². The van der Waals surface area contributed by atoms with Gasteiger partial charge >= 0.3 is 0 Å². The van der Waals surface area contributed by atoms with Crippen molar-refractivity contribution in [1.82, 2.24) is 5.32 Å². The third-order valence-corrected chi connectivity index (χ3v) is 3.10. The number of nitrogens with one attached hydrogen (secondary N) is 1. The van der Waals surface area contributed by atoms with Crippen LogP contribution in [0.15, 0.2) is 30.3 Å². The van der Waals surface area contributed by atoms with Crippen LogP contribution in [0.4, 0.5) is 0 Å². The zero-order valence-corrected chi connectivity index (χ0v) is 9.09. The molecule has 1 saturated heterocycles. The van der Waals surface area contributed by atoms with Crippen molar-refractivity contribution in [1.29, 1.82) is 0 Å². The van der Waals surface area contributed by atoms with E-state index < -0.39 is 0 Å². The average molecular weight is 189 g/mol. The quantitative estimate of drug-likeness (QED) is 0.771. The van der Waals surface area contributed by atoms with E-state index in [4.69, 9.17) is 0 Å². The second-order valence-electron chi connectivity index (χ2n) is 4.72. The van der Waals surface area contributed by atoms with E-state index in [-0.39, 0.29) is 5.54 Å². The summed E-state index contributed by atoms with van der Waals surface area (Å²) < 4.78 is 0. The molecule has 1 N–H and O–H groups in total. The fourth-order valence-corrected chi connectivity index (χ4v) is 2.42. The Bertz CT molecular complexity index is 285. The molecule has 0 radical (unpaired) electrons. The van der Waals surface area contributed by atoms with Crippen molar-refractivity contribution in [2.75, 3.05) is 6.54 Å². The van der Waals surface area contributed by atoms with E-state index in [1.807, 2.05) is 0 Å². The molecule has 1 unspecified atom stereocenters. The lowest BCUT2D eigenvalue weighted by Crippen LogP contribution is -2.54. The number of rotatable bonds is 3. The zero-order chi connectivity index (χ0) is 10.0. The summed E-state index contributed by atoms with van der Waals surface area (Å²) in [5.41, 5.74) is 1.75. The molecule has 0 saturated carbocycles. The third kappa shape index (κ3) is 1.69. The van der Waals surface area contributed by atoms with Gasteiger partial charge in [0.25, 0.3) is 0 Å². The molecule has 1 fully saturated rings. The van der Waals surface area contributed by atoms with Gasteiger partial charge in [0.2, 0.25) is 0 Å². The van der Waals surface area contributed by atoms with Crippen LogP contribution in [0.3, 0.4) is 0 Å². The van der Waals surface area contributed by atoms with Gasteiger partial charge in [-0.2, -0.15) is 0 Å². The van der Waals surface area contributed by atoms with E-state index in [0.29, 0.717) is 0 Å². The van der Waals surface area contributed by atoms with Crippen molar-refractivity contribution in [2.45, 2.75) is 32.2 Å². The predicted octanol–water partition coefficient (Wildman–Crippen LogP) is 2.92. The van der Waals surface area contributed by atoms with Crippen LogP contribution in [-0.4, -0.2) is 6.54 Å². The number of benzene rings is 1. The van der Waals surface area contributed by atoms with Crippen LogP contribution in [0.5, 0.6) is 0 Å². The first-order chi connectivity index (χ1) is 6.73. The molecule has 1 nitrogen and oxygen atoms in total. The van der Waals surface area contributed by atoms with Crippen molar-refractivity contribution >= 4 is 0 Å². The molecule has 1 atom stereocenters. The fourth-order valence-electron chi connectivity index (χ4n) is 2.42. The van der Waals surface area contributed by atoms with Gasteiger partial charge in [0.15, 0.2) is 0 Å². The Balaban J connectivity index is 2.20. The standard InChI is InChI=1S/C13H19N/c1-11(2)10-13(8-9-14-13)12-6-4-3-5-7-12/h3-7,11,14H,8-10H2,1-2H3. The Morgan fingerprint density at radius 2 is 1.93 bits per heavy atom. The van der Waals surface area contributed by atoms with Crippen molar-refractivity contribution in [3.8, 4) is 0 Å². The van der Waals surface area contributed by atoms with Gasteiger partial charge in [0.05, 0.1) is 0 Å². The van der Waals surface area contributed by atoms with Crippen LogP contribution >= 0.6 is 0 Å². The van der Waals surface area contributed by atoms with E-state index in [1.54, 1.807) is 0 Å². The zero-order valence-electron chi connectivity index (χ0n) is 9.09. The molecule has 1 heteroatoms. The summed E-state index contributed by atoms with van der Waals surface area (Å²) in [6.45, 7) is 5.76. The minimum atomic E-state index is 0.287. The Kier molecular flexibility index (Phi) is 2.60. The molecule has 1 aromatic carbocycles. The van der Waals surface area contributed by atoms with Gasteiger partial charge in [-0.25, -0.2) is 0 Å². The summed E-state index contributed by atoms with van der Waals surface area (Å²) in [6.07, 6.45) is 2.53. The van der Waals surface area contributed by atoms with Gasteiger partial charge in [-0.1, -0.05) is 44.2 Å². The van der Waals surface area contributed by atoms with Crippen molar-refractivity contribution in [3.63, 3.8) is 0 Å². The van der Waals surface area contributed by atoms with E-state index in [1.165, 1.54) is 24.9 Å². The predicted molar refractivity (Wildman–Crippen MR) is 60.2 cm³/mol. The van der Waals surface area contributed by atoms with E-state index >= 15 is 0 Å². The molecular weight excluding hydrogens is 170 g/mol. The lowest BCUT2D eigenvalue weighted by molar-refractivity contribution is 0.170. The van der Waals surface area contributed by atoms with Gasteiger partial charge in [-0.3, -0.25) is 0 Å². The van der Waals surface area contributed by atoms with Crippen LogP contribution < -0.4 is 5.32 Å².